The predicted octanol–water partition coefficient (Wildman–Crippen LogP) is 2.79. The summed E-state index contributed by atoms with van der Waals surface area (Å²) >= 11 is 0. The molecule has 0 aromatic heterocycles. The highest BCUT2D eigenvalue weighted by atomic mass is 16.5. The second-order valence-corrected chi connectivity index (χ2v) is 5.92. The molecule has 1 heterocycles. The Morgan fingerprint density at radius 3 is 2.74 bits per heavy atom. The van der Waals surface area contributed by atoms with Crippen molar-refractivity contribution in [3.8, 4) is 5.75 Å². The number of piperidine rings is 1. The fraction of sp³-hybridized carbons (Fsp3) is 0.625. The van der Waals surface area contributed by atoms with Gasteiger partial charge in [0.15, 0.2) is 0 Å². The maximum Gasteiger partial charge on any atom is 0.142 e. The molecule has 0 spiro atoms. The molecule has 2 N–H and O–H groups in total. The SMILES string of the molecule is NC1CCCN(c2ccccc2OCC2CCC2)C1. The molecule has 1 saturated heterocycles. The van der Waals surface area contributed by atoms with Gasteiger partial charge in [0.1, 0.15) is 5.75 Å². The van der Waals surface area contributed by atoms with Crippen molar-refractivity contribution in [2.45, 2.75) is 38.1 Å². The van der Waals surface area contributed by atoms with Crippen molar-refractivity contribution in [2.75, 3.05) is 24.6 Å². The van der Waals surface area contributed by atoms with Crippen molar-refractivity contribution in [1.82, 2.24) is 0 Å². The number of rotatable bonds is 4. The second-order valence-electron chi connectivity index (χ2n) is 5.92. The van der Waals surface area contributed by atoms with E-state index in [0.717, 1.165) is 37.8 Å². The first-order valence-corrected chi connectivity index (χ1v) is 7.55. The molecule has 1 aromatic carbocycles. The molecule has 0 radical (unpaired) electrons. The summed E-state index contributed by atoms with van der Waals surface area (Å²) in [7, 11) is 0. The summed E-state index contributed by atoms with van der Waals surface area (Å²) in [6, 6.07) is 8.70. The number of benzene rings is 1. The molecule has 2 aliphatic rings. The van der Waals surface area contributed by atoms with Crippen molar-refractivity contribution in [2.24, 2.45) is 11.7 Å². The maximum atomic E-state index is 6.08. The van der Waals surface area contributed by atoms with E-state index in [0.29, 0.717) is 6.04 Å². The van der Waals surface area contributed by atoms with E-state index >= 15 is 0 Å². The van der Waals surface area contributed by atoms with Gasteiger partial charge in [-0.05, 0) is 43.7 Å². The molecule has 19 heavy (non-hydrogen) atoms. The van der Waals surface area contributed by atoms with Gasteiger partial charge in [-0.25, -0.2) is 0 Å². The molecule has 3 nitrogen and oxygen atoms in total. The highest BCUT2D eigenvalue weighted by Crippen LogP contribution is 2.32. The molecule has 0 amide bonds. The van der Waals surface area contributed by atoms with Crippen LogP contribution in [0.1, 0.15) is 32.1 Å². The standard InChI is InChI=1S/C16H24N2O/c17-14-7-4-10-18(11-14)15-8-1-2-9-16(15)19-12-13-5-3-6-13/h1-2,8-9,13-14H,3-7,10-12,17H2. The van der Waals surface area contributed by atoms with Crippen LogP contribution in [-0.4, -0.2) is 25.7 Å². The van der Waals surface area contributed by atoms with Gasteiger partial charge in [-0.3, -0.25) is 0 Å². The van der Waals surface area contributed by atoms with Crippen LogP contribution in [0.15, 0.2) is 24.3 Å². The fourth-order valence-electron chi connectivity index (χ4n) is 2.94. The Bertz CT molecular complexity index is 417. The van der Waals surface area contributed by atoms with E-state index in [1.807, 2.05) is 0 Å². The van der Waals surface area contributed by atoms with Gasteiger partial charge in [-0.15, -0.1) is 0 Å². The number of anilines is 1. The van der Waals surface area contributed by atoms with Crippen molar-refractivity contribution >= 4 is 5.69 Å². The first kappa shape index (κ1) is 12.8. The number of ether oxygens (including phenoxy) is 1. The minimum Gasteiger partial charge on any atom is -0.491 e. The van der Waals surface area contributed by atoms with E-state index in [9.17, 15) is 0 Å². The van der Waals surface area contributed by atoms with Crippen molar-refractivity contribution in [1.29, 1.82) is 0 Å². The third-order valence-electron chi connectivity index (χ3n) is 4.36. The lowest BCUT2D eigenvalue weighted by molar-refractivity contribution is 0.181. The van der Waals surface area contributed by atoms with E-state index < -0.39 is 0 Å². The van der Waals surface area contributed by atoms with Crippen LogP contribution in [0, 0.1) is 5.92 Å². The van der Waals surface area contributed by atoms with E-state index in [4.69, 9.17) is 10.5 Å². The van der Waals surface area contributed by atoms with E-state index in [-0.39, 0.29) is 0 Å². The topological polar surface area (TPSA) is 38.5 Å². The summed E-state index contributed by atoms with van der Waals surface area (Å²) in [4.78, 5) is 2.38. The molecule has 1 aliphatic heterocycles. The normalized spacial score (nSPS) is 24.1. The molecular weight excluding hydrogens is 236 g/mol. The Morgan fingerprint density at radius 2 is 2.00 bits per heavy atom. The molecule has 0 bridgehead atoms. The van der Waals surface area contributed by atoms with Crippen LogP contribution in [0.25, 0.3) is 0 Å². The first-order chi connectivity index (χ1) is 9.33. The van der Waals surface area contributed by atoms with Gasteiger partial charge in [-0.2, -0.15) is 0 Å². The van der Waals surface area contributed by atoms with Gasteiger partial charge in [-0.1, -0.05) is 18.6 Å². The van der Waals surface area contributed by atoms with Crippen LogP contribution in [0.5, 0.6) is 5.75 Å². The van der Waals surface area contributed by atoms with Crippen molar-refractivity contribution < 1.29 is 4.74 Å². The Morgan fingerprint density at radius 1 is 1.16 bits per heavy atom. The van der Waals surface area contributed by atoms with Crippen molar-refractivity contribution in [3.63, 3.8) is 0 Å². The Labute approximate surface area is 115 Å². The monoisotopic (exact) mass is 260 g/mol. The Balaban J connectivity index is 1.68. The van der Waals surface area contributed by atoms with Crippen LogP contribution >= 0.6 is 0 Å². The number of para-hydroxylation sites is 2. The Kier molecular flexibility index (Phi) is 3.92. The van der Waals surface area contributed by atoms with Crippen molar-refractivity contribution in [3.05, 3.63) is 24.3 Å². The van der Waals surface area contributed by atoms with Gasteiger partial charge in [0.2, 0.25) is 0 Å². The number of nitrogens with two attached hydrogens (primary N) is 1. The van der Waals surface area contributed by atoms with Gasteiger partial charge < -0.3 is 15.4 Å². The summed E-state index contributed by atoms with van der Waals surface area (Å²) < 4.78 is 6.05. The maximum absolute atomic E-state index is 6.08. The molecule has 1 saturated carbocycles. The largest absolute Gasteiger partial charge is 0.491 e. The van der Waals surface area contributed by atoms with E-state index in [1.165, 1.54) is 31.4 Å². The first-order valence-electron chi connectivity index (χ1n) is 7.55. The van der Waals surface area contributed by atoms with Crippen LogP contribution < -0.4 is 15.4 Å². The van der Waals surface area contributed by atoms with E-state index in [2.05, 4.69) is 29.2 Å². The zero-order valence-corrected chi connectivity index (χ0v) is 11.6. The molecule has 104 valence electrons. The van der Waals surface area contributed by atoms with Gasteiger partial charge in [0, 0.05) is 19.1 Å². The van der Waals surface area contributed by atoms with Gasteiger partial charge >= 0.3 is 0 Å². The minimum absolute atomic E-state index is 0.299. The summed E-state index contributed by atoms with van der Waals surface area (Å²) in [5, 5.41) is 0. The summed E-state index contributed by atoms with van der Waals surface area (Å²) in [5.74, 6) is 1.81. The molecule has 1 atom stereocenters. The van der Waals surface area contributed by atoms with Crippen LogP contribution in [0.3, 0.4) is 0 Å². The fourth-order valence-corrected chi connectivity index (χ4v) is 2.94. The zero-order chi connectivity index (χ0) is 13.1. The zero-order valence-electron chi connectivity index (χ0n) is 11.6. The molecule has 1 aromatic rings. The van der Waals surface area contributed by atoms with Gasteiger partial charge in [0.05, 0.1) is 12.3 Å². The third-order valence-corrected chi connectivity index (χ3v) is 4.36. The minimum atomic E-state index is 0.299. The molecule has 3 heteroatoms. The molecule has 1 aliphatic carbocycles. The van der Waals surface area contributed by atoms with Crippen LogP contribution in [0.2, 0.25) is 0 Å². The lowest BCUT2D eigenvalue weighted by Crippen LogP contribution is -2.43. The van der Waals surface area contributed by atoms with Gasteiger partial charge in [0.25, 0.3) is 0 Å². The Hall–Kier alpha value is -1.22. The third kappa shape index (κ3) is 3.03. The quantitative estimate of drug-likeness (QED) is 0.904. The number of hydrogen-bond donors (Lipinski definition) is 1. The molecule has 3 rings (SSSR count). The second kappa shape index (κ2) is 5.83. The highest BCUT2D eigenvalue weighted by molar-refractivity contribution is 5.58. The number of nitrogens with zero attached hydrogens (tertiary/aromatic N) is 1. The number of hydrogen-bond acceptors (Lipinski definition) is 3. The highest BCUT2D eigenvalue weighted by Gasteiger charge is 2.21. The molecule has 2 fully saturated rings. The smallest absolute Gasteiger partial charge is 0.142 e. The summed E-state index contributed by atoms with van der Waals surface area (Å²) in [6.07, 6.45) is 6.35. The van der Waals surface area contributed by atoms with Crippen LogP contribution in [0.4, 0.5) is 5.69 Å². The summed E-state index contributed by atoms with van der Waals surface area (Å²) in [6.45, 7) is 2.91. The lowest BCUT2D eigenvalue weighted by Gasteiger charge is -2.34. The lowest BCUT2D eigenvalue weighted by atomic mass is 9.86. The molecule has 1 unspecified atom stereocenters. The molecular formula is C16H24N2O. The van der Waals surface area contributed by atoms with Crippen LogP contribution in [-0.2, 0) is 0 Å². The average Bonchev–Trinajstić information content (AvgIpc) is 2.37. The van der Waals surface area contributed by atoms with E-state index in [1.54, 1.807) is 0 Å². The predicted molar refractivity (Wildman–Crippen MR) is 78.7 cm³/mol. The average molecular weight is 260 g/mol. The summed E-state index contributed by atoms with van der Waals surface area (Å²) in [5.41, 5.74) is 7.30.